The van der Waals surface area contributed by atoms with Gasteiger partial charge < -0.3 is 0 Å². The monoisotopic (exact) mass is 685 g/mol. The molecule has 240 valence electrons. The lowest BCUT2D eigenvalue weighted by Gasteiger charge is -2.39. The van der Waals surface area contributed by atoms with Crippen molar-refractivity contribution in [2.45, 2.75) is 28.0 Å². The van der Waals surface area contributed by atoms with Crippen LogP contribution in [-0.2, 0) is 5.41 Å². The Labute approximate surface area is 305 Å². The highest BCUT2D eigenvalue weighted by molar-refractivity contribution is 7.99. The van der Waals surface area contributed by atoms with Gasteiger partial charge in [-0.2, -0.15) is 0 Å². The van der Waals surface area contributed by atoms with Crippen LogP contribution in [0, 0.1) is 0 Å². The van der Waals surface area contributed by atoms with Crippen LogP contribution in [0.1, 0.15) is 40.8 Å². The van der Waals surface area contributed by atoms with Gasteiger partial charge in [0, 0.05) is 35.5 Å². The van der Waals surface area contributed by atoms with Gasteiger partial charge in [0.05, 0.1) is 16.8 Å². The molecule has 2 aliphatic carbocycles. The molecule has 0 bridgehead atoms. The summed E-state index contributed by atoms with van der Waals surface area (Å²) < 4.78 is 2.61. The second-order valence-corrected chi connectivity index (χ2v) is 15.9. The smallest absolute Gasteiger partial charge is 0.0735 e. The van der Waals surface area contributed by atoms with Crippen molar-refractivity contribution in [2.75, 3.05) is 0 Å². The Balaban J connectivity index is 1.17. The first kappa shape index (κ1) is 29.3. The molecule has 0 radical (unpaired) electrons. The number of aromatic nitrogens is 1. The van der Waals surface area contributed by atoms with Crippen LogP contribution < -0.4 is 0 Å². The molecule has 1 spiro atoms. The number of benzene rings is 6. The molecule has 0 unspecified atom stereocenters. The van der Waals surface area contributed by atoms with Gasteiger partial charge in [0.1, 0.15) is 0 Å². The fourth-order valence-electron chi connectivity index (χ4n) is 8.80. The maximum Gasteiger partial charge on any atom is 0.0735 e. The maximum absolute atomic E-state index is 5.39. The van der Waals surface area contributed by atoms with E-state index in [1.54, 1.807) is 0 Å². The van der Waals surface area contributed by atoms with Crippen LogP contribution in [0.5, 0.6) is 0 Å². The molecule has 0 saturated heterocycles. The van der Waals surface area contributed by atoms with Crippen LogP contribution in [0.2, 0.25) is 0 Å². The van der Waals surface area contributed by atoms with E-state index in [0.717, 1.165) is 24.2 Å². The predicted molar refractivity (Wildman–Crippen MR) is 216 cm³/mol. The van der Waals surface area contributed by atoms with Crippen LogP contribution in [0.25, 0.3) is 59.3 Å². The lowest BCUT2D eigenvalue weighted by molar-refractivity contribution is 0.724. The average molecular weight is 686 g/mol. The van der Waals surface area contributed by atoms with Crippen molar-refractivity contribution in [3.63, 3.8) is 0 Å². The van der Waals surface area contributed by atoms with Crippen molar-refractivity contribution in [1.82, 2.24) is 4.98 Å². The molecule has 0 N–H and O–H groups in total. The van der Waals surface area contributed by atoms with Gasteiger partial charge in [0.2, 0.25) is 0 Å². The van der Waals surface area contributed by atoms with E-state index >= 15 is 0 Å². The number of rotatable bonds is 3. The fourth-order valence-corrected chi connectivity index (χ4v) is 11.3. The maximum atomic E-state index is 5.39. The second kappa shape index (κ2) is 11.3. The Hall–Kier alpha value is -5.48. The minimum Gasteiger partial charge on any atom is -0.248 e. The number of fused-ring (bicyclic) bond motifs is 12. The van der Waals surface area contributed by atoms with Gasteiger partial charge >= 0.3 is 0 Å². The van der Waals surface area contributed by atoms with Crippen LogP contribution in [0.3, 0.4) is 0 Å². The Morgan fingerprint density at radius 3 is 2.02 bits per heavy atom. The highest BCUT2D eigenvalue weighted by Crippen LogP contribution is 2.63. The predicted octanol–water partition coefficient (Wildman–Crippen LogP) is 13.3. The summed E-state index contributed by atoms with van der Waals surface area (Å²) in [5, 5.41) is 2.61. The quantitative estimate of drug-likeness (QED) is 0.184. The van der Waals surface area contributed by atoms with Gasteiger partial charge in [0.25, 0.3) is 0 Å². The lowest BCUT2D eigenvalue weighted by Crippen LogP contribution is -2.31. The number of pyridine rings is 1. The first-order valence-electron chi connectivity index (χ1n) is 17.7. The van der Waals surface area contributed by atoms with Crippen LogP contribution in [0.15, 0.2) is 174 Å². The summed E-state index contributed by atoms with van der Waals surface area (Å²) in [6, 6.07) is 54.3. The van der Waals surface area contributed by atoms with Gasteiger partial charge in [-0.1, -0.05) is 145 Å². The summed E-state index contributed by atoms with van der Waals surface area (Å²) in [5.74, 6) is 0. The number of hydrogen-bond acceptors (Lipinski definition) is 3. The molecule has 3 heteroatoms. The van der Waals surface area contributed by atoms with Gasteiger partial charge in [-0.05, 0) is 93.3 Å². The Morgan fingerprint density at radius 2 is 1.24 bits per heavy atom. The molecule has 2 aromatic heterocycles. The van der Waals surface area contributed by atoms with E-state index < -0.39 is 0 Å². The zero-order valence-corrected chi connectivity index (χ0v) is 29.4. The minimum atomic E-state index is -0.382. The molecular formula is C48H31NS2. The second-order valence-electron chi connectivity index (χ2n) is 13.7. The first-order valence-corrected chi connectivity index (χ1v) is 19.3. The van der Waals surface area contributed by atoms with Gasteiger partial charge in [-0.15, -0.1) is 11.3 Å². The molecule has 1 nitrogen and oxygen atoms in total. The highest BCUT2D eigenvalue weighted by Gasteiger charge is 2.50. The summed E-state index contributed by atoms with van der Waals surface area (Å²) in [6.45, 7) is 0. The molecule has 0 atom stereocenters. The molecule has 51 heavy (non-hydrogen) atoms. The fraction of sp³-hybridized carbons (Fsp3) is 0.0625. The molecule has 8 aromatic rings. The normalized spacial score (nSPS) is 15.0. The molecule has 3 aliphatic rings. The molecule has 0 fully saturated rings. The molecule has 6 aromatic carbocycles. The molecule has 0 saturated carbocycles. The third-order valence-corrected chi connectivity index (χ3v) is 13.4. The van der Waals surface area contributed by atoms with Crippen molar-refractivity contribution < 1.29 is 0 Å². The summed E-state index contributed by atoms with van der Waals surface area (Å²) in [6.07, 6.45) is 8.71. The van der Waals surface area contributed by atoms with Gasteiger partial charge in [-0.3, -0.25) is 0 Å². The summed E-state index contributed by atoms with van der Waals surface area (Å²) in [4.78, 5) is 8.06. The van der Waals surface area contributed by atoms with E-state index in [0.29, 0.717) is 0 Å². The summed E-state index contributed by atoms with van der Waals surface area (Å²) in [5.41, 5.74) is 14.8. The highest BCUT2D eigenvalue weighted by atomic mass is 32.2. The van der Waals surface area contributed by atoms with Gasteiger partial charge in [-0.25, -0.2) is 4.98 Å². The van der Waals surface area contributed by atoms with Crippen molar-refractivity contribution >= 4 is 48.8 Å². The lowest BCUT2D eigenvalue weighted by atomic mass is 9.67. The van der Waals surface area contributed by atoms with E-state index in [2.05, 4.69) is 164 Å². The Bertz CT molecular complexity index is 2740. The van der Waals surface area contributed by atoms with Crippen LogP contribution >= 0.6 is 23.1 Å². The molecular weight excluding hydrogens is 655 g/mol. The largest absolute Gasteiger partial charge is 0.248 e. The Morgan fingerprint density at radius 1 is 0.529 bits per heavy atom. The van der Waals surface area contributed by atoms with Crippen molar-refractivity contribution in [3.8, 4) is 33.5 Å². The zero-order valence-electron chi connectivity index (χ0n) is 27.8. The summed E-state index contributed by atoms with van der Waals surface area (Å²) in [7, 11) is 0. The van der Waals surface area contributed by atoms with E-state index in [4.69, 9.17) is 4.98 Å². The zero-order chi connectivity index (χ0) is 33.5. The first-order chi connectivity index (χ1) is 25.3. The number of hydrogen-bond donors (Lipinski definition) is 0. The third-order valence-electron chi connectivity index (χ3n) is 11.0. The van der Waals surface area contributed by atoms with E-state index in [9.17, 15) is 0 Å². The van der Waals surface area contributed by atoms with E-state index in [1.807, 2.05) is 23.1 Å². The third kappa shape index (κ3) is 4.26. The number of thiophene rings is 1. The van der Waals surface area contributed by atoms with Crippen molar-refractivity contribution in [1.29, 1.82) is 0 Å². The molecule has 0 amide bonds. The topological polar surface area (TPSA) is 12.9 Å². The standard InChI is InChI=1S/C48H31NS2/c1-3-14-30(15-4-1)32-26-42(31-16-5-2-6-17-31)49-43(27-32)36-21-13-20-35-37-28-41-46(29-45(37)51-47(35)36)50-44-25-12-11-24-40(44)48(41)38-22-9-7-18-33(38)34-19-8-10-23-39(34)48/h1-5,7-16,18-29H,6,17H2. The molecule has 11 rings (SSSR count). The molecule has 1 aliphatic heterocycles. The van der Waals surface area contributed by atoms with Crippen LogP contribution in [0.4, 0.5) is 0 Å². The van der Waals surface area contributed by atoms with Gasteiger partial charge in [0.15, 0.2) is 0 Å². The van der Waals surface area contributed by atoms with Crippen LogP contribution in [-0.4, -0.2) is 4.98 Å². The van der Waals surface area contributed by atoms with E-state index in [-0.39, 0.29) is 5.41 Å². The summed E-state index contributed by atoms with van der Waals surface area (Å²) >= 11 is 3.82. The number of nitrogens with zero attached hydrogens (tertiary/aromatic N) is 1. The van der Waals surface area contributed by atoms with Crippen molar-refractivity contribution in [3.05, 3.63) is 192 Å². The van der Waals surface area contributed by atoms with Crippen molar-refractivity contribution in [2.24, 2.45) is 0 Å². The number of allylic oxidation sites excluding steroid dienone is 4. The minimum absolute atomic E-state index is 0.382. The van der Waals surface area contributed by atoms with E-state index in [1.165, 1.54) is 85.6 Å². The molecule has 3 heterocycles. The average Bonchev–Trinajstić information content (AvgIpc) is 3.71. The Kier molecular flexibility index (Phi) is 6.46. The SMILES string of the molecule is C1=CCCC(c2cc(-c3ccccc3)cc(-c3cccc4c3sc3cc5c(cc34)C3(c4ccccc4S5)c4ccccc4-c4ccccc43)n2)=C1.